The first kappa shape index (κ1) is 10.6. The summed E-state index contributed by atoms with van der Waals surface area (Å²) in [5.74, 6) is 1.07. The Kier molecular flexibility index (Phi) is 3.12. The fourth-order valence-electron chi connectivity index (χ4n) is 1.41. The van der Waals surface area contributed by atoms with Crippen molar-refractivity contribution in [2.45, 2.75) is 20.3 Å². The lowest BCUT2D eigenvalue weighted by molar-refractivity contribution is 0.633. The summed E-state index contributed by atoms with van der Waals surface area (Å²) in [6.45, 7) is 11.9. The Hall–Kier alpha value is -1.51. The molecule has 0 bridgehead atoms. The van der Waals surface area contributed by atoms with Gasteiger partial charge in [-0.2, -0.15) is 5.10 Å². The largest absolute Gasteiger partial charge is 0.382 e. The molecule has 1 aromatic heterocycles. The molecular formula is C11H17N3. The Morgan fingerprint density at radius 3 is 2.79 bits per heavy atom. The zero-order chi connectivity index (χ0) is 10.7. The van der Waals surface area contributed by atoms with E-state index in [1.54, 1.807) is 6.08 Å². The normalized spacial score (nSPS) is 10.5. The summed E-state index contributed by atoms with van der Waals surface area (Å²) in [5, 5.41) is 6.92. The molecule has 0 amide bonds. The van der Waals surface area contributed by atoms with E-state index in [9.17, 15) is 0 Å². The monoisotopic (exact) mass is 191 g/mol. The van der Waals surface area contributed by atoms with Gasteiger partial charge in [-0.25, -0.2) is 0 Å². The summed E-state index contributed by atoms with van der Waals surface area (Å²) >= 11 is 0. The molecule has 0 saturated heterocycles. The van der Waals surface area contributed by atoms with Gasteiger partial charge in [0.1, 0.15) is 0 Å². The number of hydrogen-bond acceptors (Lipinski definition) is 2. The summed E-state index contributed by atoms with van der Waals surface area (Å²) in [6, 6.07) is 0. The van der Waals surface area contributed by atoms with E-state index < -0.39 is 0 Å². The van der Waals surface area contributed by atoms with Crippen LogP contribution in [0.15, 0.2) is 19.2 Å². The van der Waals surface area contributed by atoms with Crippen molar-refractivity contribution in [3.8, 4) is 0 Å². The van der Waals surface area contributed by atoms with Crippen LogP contribution >= 0.6 is 0 Å². The molecule has 0 radical (unpaired) electrons. The first-order chi connectivity index (χ1) is 6.56. The maximum Gasteiger partial charge on any atom is 0.153 e. The molecule has 0 aliphatic carbocycles. The molecular weight excluding hydrogens is 174 g/mol. The first-order valence-corrected chi connectivity index (χ1v) is 4.70. The Morgan fingerprint density at radius 1 is 1.64 bits per heavy atom. The second-order valence-corrected chi connectivity index (χ2v) is 3.79. The fourth-order valence-corrected chi connectivity index (χ4v) is 1.41. The number of nitrogen functional groups attached to an aromatic ring is 1. The Labute approximate surface area is 84.7 Å². The maximum absolute atomic E-state index is 5.74. The SMILES string of the molecule is C=CC(=C)c1c(N)n[nH]c1CC(C)C. The Morgan fingerprint density at radius 2 is 2.29 bits per heavy atom. The number of aromatic amines is 1. The molecule has 0 aromatic carbocycles. The Bertz CT molecular complexity index is 347. The predicted molar refractivity (Wildman–Crippen MR) is 60.8 cm³/mol. The second-order valence-electron chi connectivity index (χ2n) is 3.79. The summed E-state index contributed by atoms with van der Waals surface area (Å²) < 4.78 is 0. The van der Waals surface area contributed by atoms with Gasteiger partial charge in [0.2, 0.25) is 0 Å². The standard InChI is InChI=1S/C11H17N3/c1-5-8(4)10-9(6-7(2)3)13-14-11(10)12/h5,7H,1,4,6H2,2-3H3,(H3,12,13,14). The molecule has 3 heteroatoms. The van der Waals surface area contributed by atoms with Gasteiger partial charge in [0.25, 0.3) is 0 Å². The van der Waals surface area contributed by atoms with Crippen molar-refractivity contribution < 1.29 is 0 Å². The molecule has 0 unspecified atom stereocenters. The van der Waals surface area contributed by atoms with Crippen molar-refractivity contribution in [1.82, 2.24) is 10.2 Å². The number of anilines is 1. The van der Waals surface area contributed by atoms with Crippen LogP contribution in [0.2, 0.25) is 0 Å². The molecule has 3 nitrogen and oxygen atoms in total. The van der Waals surface area contributed by atoms with Crippen LogP contribution in [0.4, 0.5) is 5.82 Å². The minimum absolute atomic E-state index is 0.505. The van der Waals surface area contributed by atoms with Crippen LogP contribution in [-0.4, -0.2) is 10.2 Å². The van der Waals surface area contributed by atoms with Gasteiger partial charge in [0.15, 0.2) is 5.82 Å². The molecule has 0 saturated carbocycles. The van der Waals surface area contributed by atoms with Crippen LogP contribution in [0.25, 0.3) is 5.57 Å². The van der Waals surface area contributed by atoms with Gasteiger partial charge in [-0.3, -0.25) is 5.10 Å². The van der Waals surface area contributed by atoms with Crippen LogP contribution in [0, 0.1) is 5.92 Å². The maximum atomic E-state index is 5.74. The van der Waals surface area contributed by atoms with Crippen molar-refractivity contribution in [3.05, 3.63) is 30.5 Å². The van der Waals surface area contributed by atoms with E-state index in [0.29, 0.717) is 11.7 Å². The molecule has 14 heavy (non-hydrogen) atoms. The van der Waals surface area contributed by atoms with Crippen LogP contribution in [-0.2, 0) is 6.42 Å². The quantitative estimate of drug-likeness (QED) is 0.718. The molecule has 1 rings (SSSR count). The lowest BCUT2D eigenvalue weighted by Gasteiger charge is -2.05. The van der Waals surface area contributed by atoms with Gasteiger partial charge in [-0.1, -0.05) is 33.1 Å². The van der Waals surface area contributed by atoms with Gasteiger partial charge < -0.3 is 5.73 Å². The molecule has 0 aliphatic rings. The average molecular weight is 191 g/mol. The fraction of sp³-hybridized carbons (Fsp3) is 0.364. The van der Waals surface area contributed by atoms with Crippen molar-refractivity contribution >= 4 is 11.4 Å². The second kappa shape index (κ2) is 4.13. The molecule has 3 N–H and O–H groups in total. The number of allylic oxidation sites excluding steroid dienone is 2. The third-order valence-corrected chi connectivity index (χ3v) is 2.05. The molecule has 0 aliphatic heterocycles. The molecule has 0 atom stereocenters. The zero-order valence-corrected chi connectivity index (χ0v) is 8.80. The van der Waals surface area contributed by atoms with Crippen molar-refractivity contribution in [3.63, 3.8) is 0 Å². The lowest BCUT2D eigenvalue weighted by Crippen LogP contribution is -1.98. The van der Waals surface area contributed by atoms with Crippen molar-refractivity contribution in [2.75, 3.05) is 5.73 Å². The highest BCUT2D eigenvalue weighted by atomic mass is 15.2. The average Bonchev–Trinajstić information content (AvgIpc) is 2.45. The summed E-state index contributed by atoms with van der Waals surface area (Å²) in [5.41, 5.74) is 8.52. The number of hydrogen-bond donors (Lipinski definition) is 2. The van der Waals surface area contributed by atoms with Gasteiger partial charge in [0, 0.05) is 11.3 Å². The lowest BCUT2D eigenvalue weighted by atomic mass is 10.0. The van der Waals surface area contributed by atoms with Gasteiger partial charge in [0.05, 0.1) is 0 Å². The van der Waals surface area contributed by atoms with Crippen molar-refractivity contribution in [2.24, 2.45) is 5.92 Å². The van der Waals surface area contributed by atoms with E-state index in [0.717, 1.165) is 23.3 Å². The molecule has 1 heterocycles. The number of nitrogens with zero attached hydrogens (tertiary/aromatic N) is 1. The van der Waals surface area contributed by atoms with Crippen LogP contribution in [0.1, 0.15) is 25.1 Å². The minimum atomic E-state index is 0.505. The third kappa shape index (κ3) is 2.05. The van der Waals surface area contributed by atoms with E-state index in [-0.39, 0.29) is 0 Å². The predicted octanol–water partition coefficient (Wildman–Crippen LogP) is 2.39. The summed E-state index contributed by atoms with van der Waals surface area (Å²) in [6.07, 6.45) is 2.62. The molecule has 1 aromatic rings. The summed E-state index contributed by atoms with van der Waals surface area (Å²) in [7, 11) is 0. The highest BCUT2D eigenvalue weighted by molar-refractivity contribution is 5.79. The first-order valence-electron chi connectivity index (χ1n) is 4.70. The third-order valence-electron chi connectivity index (χ3n) is 2.05. The molecule has 0 spiro atoms. The van der Waals surface area contributed by atoms with Crippen molar-refractivity contribution in [1.29, 1.82) is 0 Å². The van der Waals surface area contributed by atoms with E-state index in [4.69, 9.17) is 5.73 Å². The van der Waals surface area contributed by atoms with Crippen LogP contribution in [0.3, 0.4) is 0 Å². The summed E-state index contributed by atoms with van der Waals surface area (Å²) in [4.78, 5) is 0. The van der Waals surface area contributed by atoms with Gasteiger partial charge in [-0.15, -0.1) is 0 Å². The van der Waals surface area contributed by atoms with E-state index in [1.807, 2.05) is 0 Å². The number of nitrogens with two attached hydrogens (primary N) is 1. The van der Waals surface area contributed by atoms with Crippen LogP contribution in [0.5, 0.6) is 0 Å². The molecule has 76 valence electrons. The molecule has 0 fully saturated rings. The van der Waals surface area contributed by atoms with Crippen LogP contribution < -0.4 is 5.73 Å². The smallest absolute Gasteiger partial charge is 0.153 e. The van der Waals surface area contributed by atoms with Gasteiger partial charge >= 0.3 is 0 Å². The number of nitrogens with one attached hydrogen (secondary N) is 1. The number of aromatic nitrogens is 2. The van der Waals surface area contributed by atoms with E-state index in [2.05, 4.69) is 37.2 Å². The Balaban J connectivity index is 3.05. The zero-order valence-electron chi connectivity index (χ0n) is 8.80. The van der Waals surface area contributed by atoms with E-state index in [1.165, 1.54) is 0 Å². The highest BCUT2D eigenvalue weighted by Gasteiger charge is 2.12. The number of H-pyrrole nitrogens is 1. The topological polar surface area (TPSA) is 54.7 Å². The minimum Gasteiger partial charge on any atom is -0.382 e. The van der Waals surface area contributed by atoms with Gasteiger partial charge in [-0.05, 0) is 17.9 Å². The van der Waals surface area contributed by atoms with E-state index >= 15 is 0 Å². The number of rotatable bonds is 4. The highest BCUT2D eigenvalue weighted by Crippen LogP contribution is 2.24.